The second-order valence-electron chi connectivity index (χ2n) is 6.17. The molecule has 0 aliphatic heterocycles. The Labute approximate surface area is 163 Å². The number of alkyl halides is 3. The second-order valence-corrected chi connectivity index (χ2v) is 6.61. The maximum absolute atomic E-state index is 13.5. The first-order valence-electron chi connectivity index (χ1n) is 8.21. The molecule has 10 heteroatoms. The number of anilines is 1. The summed E-state index contributed by atoms with van der Waals surface area (Å²) in [6, 6.07) is 7.16. The zero-order valence-electron chi connectivity index (χ0n) is 15.1. The smallest absolute Gasteiger partial charge is 0.417 e. The number of benzene rings is 1. The normalized spacial score (nSPS) is 12.8. The van der Waals surface area contributed by atoms with E-state index in [4.69, 9.17) is 16.3 Å². The van der Waals surface area contributed by atoms with E-state index in [2.05, 4.69) is 15.4 Å². The molecule has 0 spiro atoms. The number of fused-ring (bicyclic) bond motifs is 1. The summed E-state index contributed by atoms with van der Waals surface area (Å²) in [7, 11) is 1.49. The van der Waals surface area contributed by atoms with Crippen LogP contribution in [0.25, 0.3) is 11.0 Å². The molecule has 2 heterocycles. The van der Waals surface area contributed by atoms with E-state index in [-0.39, 0.29) is 22.6 Å². The molecule has 1 atom stereocenters. The standard InChI is InChI=1S/C18H16ClF3N4O2/c1-9-15-13(18(20,21)22)8-14(24-16(15)26(3)25-9)28-10(2)17(27)23-12-6-4-11(19)5-7-12/h4-8,10H,1-3H3,(H,23,27)/t10-/m1/s1. The first-order chi connectivity index (χ1) is 13.1. The zero-order valence-corrected chi connectivity index (χ0v) is 15.9. The molecule has 1 amide bonds. The monoisotopic (exact) mass is 412 g/mol. The van der Waals surface area contributed by atoms with Crippen LogP contribution in [0.15, 0.2) is 30.3 Å². The van der Waals surface area contributed by atoms with Gasteiger partial charge in [0.1, 0.15) is 0 Å². The molecule has 0 fully saturated rings. The molecule has 0 saturated heterocycles. The molecule has 6 nitrogen and oxygen atoms in total. The number of halogens is 4. The van der Waals surface area contributed by atoms with Gasteiger partial charge >= 0.3 is 6.18 Å². The molecule has 1 N–H and O–H groups in total. The van der Waals surface area contributed by atoms with Gasteiger partial charge in [-0.25, -0.2) is 0 Å². The van der Waals surface area contributed by atoms with Crippen LogP contribution < -0.4 is 10.1 Å². The van der Waals surface area contributed by atoms with Gasteiger partial charge in [-0.05, 0) is 38.1 Å². The van der Waals surface area contributed by atoms with E-state index in [0.29, 0.717) is 10.7 Å². The number of carbonyl (C=O) groups is 1. The number of nitrogens with one attached hydrogen (secondary N) is 1. The topological polar surface area (TPSA) is 69.0 Å². The van der Waals surface area contributed by atoms with Crippen molar-refractivity contribution in [3.63, 3.8) is 0 Å². The summed E-state index contributed by atoms with van der Waals surface area (Å²) in [5, 5.41) is 7.00. The molecular formula is C18H16ClF3N4O2. The minimum Gasteiger partial charge on any atom is -0.464 e. The maximum Gasteiger partial charge on any atom is 0.417 e. The van der Waals surface area contributed by atoms with Gasteiger partial charge in [-0.1, -0.05) is 11.6 Å². The van der Waals surface area contributed by atoms with Crippen LogP contribution in [-0.2, 0) is 18.0 Å². The molecule has 0 radical (unpaired) electrons. The molecule has 0 aliphatic rings. The average Bonchev–Trinajstić information content (AvgIpc) is 2.89. The van der Waals surface area contributed by atoms with Crippen molar-refractivity contribution in [1.29, 1.82) is 0 Å². The SMILES string of the molecule is Cc1nn(C)c2nc(O[C@H](C)C(=O)Nc3ccc(Cl)cc3)cc(C(F)(F)F)c12. The van der Waals surface area contributed by atoms with E-state index in [9.17, 15) is 18.0 Å². The number of pyridine rings is 1. The summed E-state index contributed by atoms with van der Waals surface area (Å²) in [4.78, 5) is 16.4. The fourth-order valence-corrected chi connectivity index (χ4v) is 2.84. The Hall–Kier alpha value is -2.81. The molecule has 0 aliphatic carbocycles. The number of ether oxygens (including phenoxy) is 1. The van der Waals surface area contributed by atoms with Crippen LogP contribution in [0.4, 0.5) is 18.9 Å². The highest BCUT2D eigenvalue weighted by Gasteiger charge is 2.36. The number of nitrogens with zero attached hydrogens (tertiary/aromatic N) is 3. The van der Waals surface area contributed by atoms with E-state index in [0.717, 1.165) is 6.07 Å². The van der Waals surface area contributed by atoms with Gasteiger partial charge in [0.05, 0.1) is 16.6 Å². The van der Waals surface area contributed by atoms with Crippen molar-refractivity contribution in [2.24, 2.45) is 7.05 Å². The van der Waals surface area contributed by atoms with Gasteiger partial charge in [0.2, 0.25) is 5.88 Å². The summed E-state index contributed by atoms with van der Waals surface area (Å²) in [6.45, 7) is 2.89. The van der Waals surface area contributed by atoms with E-state index >= 15 is 0 Å². The van der Waals surface area contributed by atoms with Crippen LogP contribution in [0, 0.1) is 6.92 Å². The van der Waals surface area contributed by atoms with Crippen LogP contribution >= 0.6 is 11.6 Å². The number of hydrogen-bond acceptors (Lipinski definition) is 4. The van der Waals surface area contributed by atoms with Crippen LogP contribution in [-0.4, -0.2) is 26.8 Å². The summed E-state index contributed by atoms with van der Waals surface area (Å²) >= 11 is 5.79. The average molecular weight is 413 g/mol. The highest BCUT2D eigenvalue weighted by Crippen LogP contribution is 2.37. The predicted octanol–water partition coefficient (Wildman–Crippen LogP) is 4.35. The maximum atomic E-state index is 13.5. The summed E-state index contributed by atoms with van der Waals surface area (Å²) in [5.74, 6) is -0.861. The quantitative estimate of drug-likeness (QED) is 0.691. The van der Waals surface area contributed by atoms with Gasteiger partial charge in [0, 0.05) is 23.8 Å². The number of hydrogen-bond donors (Lipinski definition) is 1. The lowest BCUT2D eigenvalue weighted by Crippen LogP contribution is -2.30. The highest BCUT2D eigenvalue weighted by molar-refractivity contribution is 6.30. The Balaban J connectivity index is 1.88. The number of rotatable bonds is 4. The van der Waals surface area contributed by atoms with Gasteiger partial charge in [0.15, 0.2) is 11.8 Å². The van der Waals surface area contributed by atoms with Crippen molar-refractivity contribution in [1.82, 2.24) is 14.8 Å². The second kappa shape index (κ2) is 7.31. The Bertz CT molecular complexity index is 1030. The molecule has 1 aromatic carbocycles. The molecule has 148 valence electrons. The van der Waals surface area contributed by atoms with Crippen molar-refractivity contribution >= 4 is 34.2 Å². The van der Waals surface area contributed by atoms with Crippen LogP contribution in [0.5, 0.6) is 5.88 Å². The first-order valence-corrected chi connectivity index (χ1v) is 8.58. The van der Waals surface area contributed by atoms with Crippen molar-refractivity contribution in [3.05, 3.63) is 46.6 Å². The Morgan fingerprint density at radius 3 is 2.54 bits per heavy atom. The minimum atomic E-state index is -4.62. The largest absolute Gasteiger partial charge is 0.464 e. The van der Waals surface area contributed by atoms with Crippen LogP contribution in [0.2, 0.25) is 5.02 Å². The van der Waals surface area contributed by atoms with E-state index < -0.39 is 23.8 Å². The Kier molecular flexibility index (Phi) is 5.20. The van der Waals surface area contributed by atoms with Crippen molar-refractivity contribution in [2.75, 3.05) is 5.32 Å². The minimum absolute atomic E-state index is 0.0210. The summed E-state index contributed by atoms with van der Waals surface area (Å²) in [5.41, 5.74) is -0.208. The zero-order chi connectivity index (χ0) is 20.6. The first kappa shape index (κ1) is 19.9. The summed E-state index contributed by atoms with van der Waals surface area (Å²) in [6.07, 6.45) is -5.71. The van der Waals surface area contributed by atoms with E-state index in [1.54, 1.807) is 24.3 Å². The third-order valence-corrected chi connectivity index (χ3v) is 4.28. The lowest BCUT2D eigenvalue weighted by Gasteiger charge is -2.16. The number of amides is 1. The fourth-order valence-electron chi connectivity index (χ4n) is 2.72. The molecule has 0 unspecified atom stereocenters. The third kappa shape index (κ3) is 4.04. The van der Waals surface area contributed by atoms with E-state index in [1.165, 1.54) is 25.6 Å². The molecule has 0 bridgehead atoms. The highest BCUT2D eigenvalue weighted by atomic mass is 35.5. The molecule has 0 saturated carbocycles. The van der Waals surface area contributed by atoms with Gasteiger partial charge in [-0.2, -0.15) is 23.3 Å². The Morgan fingerprint density at radius 1 is 1.29 bits per heavy atom. The molecule has 3 rings (SSSR count). The van der Waals surface area contributed by atoms with E-state index in [1.807, 2.05) is 0 Å². The lowest BCUT2D eigenvalue weighted by atomic mass is 10.1. The number of carbonyl (C=O) groups excluding carboxylic acids is 1. The van der Waals surface area contributed by atoms with Gasteiger partial charge in [0.25, 0.3) is 5.91 Å². The molecule has 2 aromatic heterocycles. The predicted molar refractivity (Wildman–Crippen MR) is 98.4 cm³/mol. The van der Waals surface area contributed by atoms with Crippen LogP contribution in [0.3, 0.4) is 0 Å². The van der Waals surface area contributed by atoms with Crippen molar-refractivity contribution < 1.29 is 22.7 Å². The van der Waals surface area contributed by atoms with Gasteiger partial charge in [-0.3, -0.25) is 9.48 Å². The van der Waals surface area contributed by atoms with Gasteiger partial charge < -0.3 is 10.1 Å². The van der Waals surface area contributed by atoms with Crippen molar-refractivity contribution in [3.8, 4) is 5.88 Å². The molecular weight excluding hydrogens is 397 g/mol. The number of aryl methyl sites for hydroxylation is 2. The molecule has 28 heavy (non-hydrogen) atoms. The Morgan fingerprint density at radius 2 is 1.93 bits per heavy atom. The third-order valence-electron chi connectivity index (χ3n) is 4.03. The van der Waals surface area contributed by atoms with Gasteiger partial charge in [-0.15, -0.1) is 0 Å². The van der Waals surface area contributed by atoms with Crippen LogP contribution in [0.1, 0.15) is 18.2 Å². The van der Waals surface area contributed by atoms with Crippen molar-refractivity contribution in [2.45, 2.75) is 26.1 Å². The molecule has 3 aromatic rings. The lowest BCUT2D eigenvalue weighted by molar-refractivity contribution is -0.136. The fraction of sp³-hybridized carbons (Fsp3) is 0.278. The number of aromatic nitrogens is 3. The summed E-state index contributed by atoms with van der Waals surface area (Å²) < 4.78 is 47.1.